The zero-order chi connectivity index (χ0) is 19.0. The summed E-state index contributed by atoms with van der Waals surface area (Å²) >= 11 is 11.8. The first kappa shape index (κ1) is 17.9. The molecule has 0 atom stereocenters. The van der Waals surface area contributed by atoms with Crippen molar-refractivity contribution < 1.29 is 12.6 Å². The monoisotopic (exact) mass is 418 g/mol. The average molecular weight is 419 g/mol. The lowest BCUT2D eigenvalue weighted by Gasteiger charge is -2.07. The third kappa shape index (κ3) is 3.78. The lowest BCUT2D eigenvalue weighted by Crippen LogP contribution is -2.09. The van der Waals surface area contributed by atoms with Gasteiger partial charge in [0.15, 0.2) is 0 Å². The maximum absolute atomic E-state index is 12.3. The first-order valence-electron chi connectivity index (χ1n) is 7.86. The molecule has 8 heteroatoms. The topological polar surface area (TPSA) is 72.1 Å². The van der Waals surface area contributed by atoms with Crippen LogP contribution in [0.3, 0.4) is 0 Å². The molecule has 0 aliphatic carbocycles. The highest BCUT2D eigenvalue weighted by atomic mass is 35.5. The predicted molar refractivity (Wildman–Crippen MR) is 106 cm³/mol. The Morgan fingerprint density at radius 2 is 1.52 bits per heavy atom. The molecular formula is C19H12Cl2N2O3S. The van der Waals surface area contributed by atoms with Crippen molar-refractivity contribution in [2.75, 3.05) is 0 Å². The number of halogens is 2. The molecular weight excluding hydrogens is 407 g/mol. The van der Waals surface area contributed by atoms with Crippen molar-refractivity contribution in [2.24, 2.45) is 0 Å². The number of fused-ring (bicyclic) bond motifs is 1. The fourth-order valence-corrected chi connectivity index (χ4v) is 3.79. The summed E-state index contributed by atoms with van der Waals surface area (Å²) in [7, 11) is -3.93. The average Bonchev–Trinajstić information content (AvgIpc) is 3.05. The van der Waals surface area contributed by atoms with Crippen LogP contribution in [0.1, 0.15) is 0 Å². The molecule has 0 radical (unpaired) electrons. The predicted octanol–water partition coefficient (Wildman–Crippen LogP) is 5.30. The second-order valence-electron chi connectivity index (χ2n) is 5.76. The van der Waals surface area contributed by atoms with Crippen molar-refractivity contribution in [3.05, 3.63) is 76.8 Å². The molecule has 5 nitrogen and oxygen atoms in total. The second-order valence-corrected chi connectivity index (χ2v) is 8.18. The number of hydrogen-bond acceptors (Lipinski definition) is 4. The molecule has 0 aliphatic rings. The van der Waals surface area contributed by atoms with E-state index in [9.17, 15) is 8.42 Å². The Morgan fingerprint density at radius 1 is 0.852 bits per heavy atom. The molecule has 0 saturated carbocycles. The molecule has 0 unspecified atom stereocenters. The van der Waals surface area contributed by atoms with Crippen LogP contribution in [0.15, 0.2) is 71.6 Å². The molecule has 1 N–H and O–H groups in total. The van der Waals surface area contributed by atoms with Crippen LogP contribution in [0.5, 0.6) is 5.75 Å². The van der Waals surface area contributed by atoms with Gasteiger partial charge in [0.25, 0.3) is 0 Å². The lowest BCUT2D eigenvalue weighted by molar-refractivity contribution is 0.486. The van der Waals surface area contributed by atoms with Crippen LogP contribution in [0.4, 0.5) is 0 Å². The number of H-pyrrole nitrogens is 1. The molecule has 0 spiro atoms. The van der Waals surface area contributed by atoms with Crippen molar-refractivity contribution in [2.45, 2.75) is 4.90 Å². The molecule has 0 aliphatic heterocycles. The van der Waals surface area contributed by atoms with Gasteiger partial charge in [0.1, 0.15) is 16.5 Å². The molecule has 4 rings (SSSR count). The Bertz CT molecular complexity index is 1220. The van der Waals surface area contributed by atoms with Gasteiger partial charge in [-0.1, -0.05) is 23.2 Å². The summed E-state index contributed by atoms with van der Waals surface area (Å²) in [6.45, 7) is 0. The van der Waals surface area contributed by atoms with E-state index in [2.05, 4.69) is 9.97 Å². The minimum atomic E-state index is -3.93. The highest BCUT2D eigenvalue weighted by Gasteiger charge is 2.16. The van der Waals surface area contributed by atoms with E-state index in [0.29, 0.717) is 15.9 Å². The minimum Gasteiger partial charge on any atom is -0.379 e. The zero-order valence-electron chi connectivity index (χ0n) is 13.7. The highest BCUT2D eigenvalue weighted by molar-refractivity contribution is 7.87. The van der Waals surface area contributed by atoms with Crippen molar-refractivity contribution in [1.29, 1.82) is 0 Å². The lowest BCUT2D eigenvalue weighted by atomic mass is 10.2. The second kappa shape index (κ2) is 6.88. The Kier molecular flexibility index (Phi) is 4.55. The standard InChI is InChI=1S/C19H12Cl2N2O3S/c20-13-3-8-16(9-4-13)27(24,25)26-15-6-1-12(2-7-15)19-22-17-10-5-14(21)11-18(17)23-19/h1-11H,(H,22,23). The summed E-state index contributed by atoms with van der Waals surface area (Å²) in [5, 5.41) is 1.07. The van der Waals surface area contributed by atoms with Crippen LogP contribution in [-0.4, -0.2) is 18.4 Å². The van der Waals surface area contributed by atoms with Crippen LogP contribution in [0.25, 0.3) is 22.4 Å². The van der Waals surface area contributed by atoms with Crippen molar-refractivity contribution in [3.8, 4) is 17.1 Å². The van der Waals surface area contributed by atoms with Crippen molar-refractivity contribution in [1.82, 2.24) is 9.97 Å². The Morgan fingerprint density at radius 3 is 2.22 bits per heavy atom. The van der Waals surface area contributed by atoms with Gasteiger partial charge in [0.05, 0.1) is 11.0 Å². The number of nitrogens with one attached hydrogen (secondary N) is 1. The van der Waals surface area contributed by atoms with Crippen LogP contribution < -0.4 is 4.18 Å². The molecule has 136 valence electrons. The molecule has 1 aromatic heterocycles. The largest absolute Gasteiger partial charge is 0.379 e. The van der Waals surface area contributed by atoms with Crippen molar-refractivity contribution >= 4 is 44.4 Å². The maximum atomic E-state index is 12.3. The van der Waals surface area contributed by atoms with E-state index >= 15 is 0 Å². The van der Waals surface area contributed by atoms with Crippen LogP contribution in [0, 0.1) is 0 Å². The molecule has 0 saturated heterocycles. The van der Waals surface area contributed by atoms with Gasteiger partial charge in [0, 0.05) is 15.6 Å². The number of benzene rings is 3. The van der Waals surface area contributed by atoms with Gasteiger partial charge in [-0.2, -0.15) is 8.42 Å². The van der Waals surface area contributed by atoms with Crippen LogP contribution in [-0.2, 0) is 10.1 Å². The van der Waals surface area contributed by atoms with Gasteiger partial charge >= 0.3 is 10.1 Å². The maximum Gasteiger partial charge on any atom is 0.339 e. The smallest absolute Gasteiger partial charge is 0.339 e. The number of aromatic nitrogens is 2. The first-order chi connectivity index (χ1) is 12.9. The summed E-state index contributed by atoms with van der Waals surface area (Å²) in [5.74, 6) is 0.854. The number of imidazole rings is 1. The first-order valence-corrected chi connectivity index (χ1v) is 10.0. The van der Waals surface area contributed by atoms with Gasteiger partial charge < -0.3 is 9.17 Å². The van der Waals surface area contributed by atoms with Gasteiger partial charge in [-0.3, -0.25) is 0 Å². The van der Waals surface area contributed by atoms with Gasteiger partial charge in [-0.25, -0.2) is 4.98 Å². The summed E-state index contributed by atoms with van der Waals surface area (Å²) < 4.78 is 29.8. The van der Waals surface area contributed by atoms with E-state index in [4.69, 9.17) is 27.4 Å². The summed E-state index contributed by atoms with van der Waals surface area (Å²) in [6, 6.07) is 17.8. The Hall–Kier alpha value is -2.54. The minimum absolute atomic E-state index is 0.0325. The highest BCUT2D eigenvalue weighted by Crippen LogP contribution is 2.26. The number of aromatic amines is 1. The summed E-state index contributed by atoms with van der Waals surface area (Å²) in [4.78, 5) is 7.72. The van der Waals surface area contributed by atoms with Crippen LogP contribution >= 0.6 is 23.2 Å². The third-order valence-electron chi connectivity index (χ3n) is 3.88. The van der Waals surface area contributed by atoms with Gasteiger partial charge in [-0.15, -0.1) is 0 Å². The summed E-state index contributed by atoms with van der Waals surface area (Å²) in [5.41, 5.74) is 2.40. The SMILES string of the molecule is O=S(=O)(Oc1ccc(-c2nc3ccc(Cl)cc3[nH]2)cc1)c1ccc(Cl)cc1. The molecule has 1 heterocycles. The Labute approximate surface area is 165 Å². The molecule has 3 aromatic carbocycles. The molecule has 0 amide bonds. The van der Waals surface area contributed by atoms with E-state index in [0.717, 1.165) is 16.6 Å². The number of nitrogens with zero attached hydrogens (tertiary/aromatic N) is 1. The van der Waals surface area contributed by atoms with Crippen LogP contribution in [0.2, 0.25) is 10.0 Å². The van der Waals surface area contributed by atoms with E-state index in [-0.39, 0.29) is 10.6 Å². The van der Waals surface area contributed by atoms with Crippen molar-refractivity contribution in [3.63, 3.8) is 0 Å². The quantitative estimate of drug-likeness (QED) is 0.456. The molecule has 0 bridgehead atoms. The molecule has 4 aromatic rings. The zero-order valence-corrected chi connectivity index (χ0v) is 16.0. The van der Waals surface area contributed by atoms with E-state index in [1.54, 1.807) is 36.4 Å². The third-order valence-corrected chi connectivity index (χ3v) is 5.63. The van der Waals surface area contributed by atoms with E-state index in [1.165, 1.54) is 24.3 Å². The fraction of sp³-hybridized carbons (Fsp3) is 0. The molecule has 0 fully saturated rings. The normalized spacial score (nSPS) is 11.6. The van der Waals surface area contributed by atoms with Gasteiger partial charge in [0.2, 0.25) is 0 Å². The number of hydrogen-bond donors (Lipinski definition) is 1. The van der Waals surface area contributed by atoms with Gasteiger partial charge in [-0.05, 0) is 66.7 Å². The number of rotatable bonds is 4. The van der Waals surface area contributed by atoms with E-state index < -0.39 is 10.1 Å². The molecule has 27 heavy (non-hydrogen) atoms. The fourth-order valence-electron chi connectivity index (χ4n) is 2.56. The summed E-state index contributed by atoms with van der Waals surface area (Å²) in [6.07, 6.45) is 0. The van der Waals surface area contributed by atoms with E-state index in [1.807, 2.05) is 6.07 Å². The Balaban J connectivity index is 1.58.